The van der Waals surface area contributed by atoms with Crippen molar-refractivity contribution in [2.24, 2.45) is 7.05 Å². The Morgan fingerprint density at radius 2 is 2.14 bits per heavy atom. The van der Waals surface area contributed by atoms with Crippen molar-refractivity contribution in [1.82, 2.24) is 15.1 Å². The van der Waals surface area contributed by atoms with Crippen molar-refractivity contribution >= 4 is 16.7 Å². The molecule has 2 atom stereocenters. The van der Waals surface area contributed by atoms with Crippen molar-refractivity contribution in [2.45, 2.75) is 31.9 Å². The zero-order valence-electron chi connectivity index (χ0n) is 12.7. The fourth-order valence-corrected chi connectivity index (χ4v) is 2.83. The van der Waals surface area contributed by atoms with E-state index in [0.29, 0.717) is 10.8 Å². The molecule has 3 rings (SSSR count). The lowest BCUT2D eigenvalue weighted by Gasteiger charge is -2.20. The molecule has 0 unspecified atom stereocenters. The van der Waals surface area contributed by atoms with Crippen LogP contribution >= 0.6 is 0 Å². The Morgan fingerprint density at radius 3 is 2.82 bits per heavy atom. The summed E-state index contributed by atoms with van der Waals surface area (Å²) in [6.07, 6.45) is 2.01. The third-order valence-electron chi connectivity index (χ3n) is 4.05. The summed E-state index contributed by atoms with van der Waals surface area (Å²) in [4.78, 5) is 24.6. The minimum atomic E-state index is -0.283. The first-order valence-corrected chi connectivity index (χ1v) is 7.46. The van der Waals surface area contributed by atoms with E-state index in [2.05, 4.69) is 10.4 Å². The van der Waals surface area contributed by atoms with E-state index >= 15 is 0 Å². The summed E-state index contributed by atoms with van der Waals surface area (Å²) >= 11 is 0. The smallest absolute Gasteiger partial charge is 0.274 e. The fraction of sp³-hybridized carbons (Fsp3) is 0.438. The number of nitrogens with one attached hydrogen (secondary N) is 1. The number of ether oxygens (including phenoxy) is 1. The van der Waals surface area contributed by atoms with Crippen LogP contribution in [0.5, 0.6) is 0 Å². The van der Waals surface area contributed by atoms with Gasteiger partial charge in [0.05, 0.1) is 17.5 Å². The zero-order chi connectivity index (χ0) is 15.7. The van der Waals surface area contributed by atoms with Crippen LogP contribution in [0, 0.1) is 0 Å². The largest absolute Gasteiger partial charge is 0.376 e. The SMILES string of the molecule is C[C@@H](NC(=O)c1nn(C)c(=O)c2ccccc12)[C@@H]1CCCO1. The lowest BCUT2D eigenvalue weighted by atomic mass is 10.1. The third kappa shape index (κ3) is 2.62. The number of aryl methyl sites for hydroxylation is 1. The van der Waals surface area contributed by atoms with Gasteiger partial charge in [-0.1, -0.05) is 18.2 Å². The van der Waals surface area contributed by atoms with Gasteiger partial charge in [0.15, 0.2) is 5.69 Å². The van der Waals surface area contributed by atoms with Gasteiger partial charge in [-0.25, -0.2) is 4.68 Å². The number of aromatic nitrogens is 2. The fourth-order valence-electron chi connectivity index (χ4n) is 2.83. The number of carbonyl (C=O) groups excluding carboxylic acids is 1. The highest BCUT2D eigenvalue weighted by Crippen LogP contribution is 2.17. The first-order chi connectivity index (χ1) is 10.6. The number of fused-ring (bicyclic) bond motifs is 1. The van der Waals surface area contributed by atoms with E-state index in [1.165, 1.54) is 4.68 Å². The van der Waals surface area contributed by atoms with Crippen LogP contribution in [0.15, 0.2) is 29.1 Å². The van der Waals surface area contributed by atoms with Gasteiger partial charge in [-0.2, -0.15) is 5.10 Å². The molecule has 116 valence electrons. The van der Waals surface area contributed by atoms with Crippen molar-refractivity contribution in [3.05, 3.63) is 40.3 Å². The average molecular weight is 301 g/mol. The summed E-state index contributed by atoms with van der Waals surface area (Å²) in [5.41, 5.74) is 0.0573. The second kappa shape index (κ2) is 5.88. The molecular weight excluding hydrogens is 282 g/mol. The topological polar surface area (TPSA) is 73.2 Å². The lowest BCUT2D eigenvalue weighted by molar-refractivity contribution is 0.0709. The van der Waals surface area contributed by atoms with Crippen LogP contribution in [0.3, 0.4) is 0 Å². The van der Waals surface area contributed by atoms with Gasteiger partial charge in [0, 0.05) is 19.0 Å². The monoisotopic (exact) mass is 301 g/mol. The summed E-state index contributed by atoms with van der Waals surface area (Å²) in [5, 5.41) is 8.13. The normalized spacial score (nSPS) is 19.3. The molecule has 0 saturated carbocycles. The number of hydrogen-bond acceptors (Lipinski definition) is 4. The predicted molar refractivity (Wildman–Crippen MR) is 82.9 cm³/mol. The van der Waals surface area contributed by atoms with Crippen molar-refractivity contribution < 1.29 is 9.53 Å². The van der Waals surface area contributed by atoms with Crippen LogP contribution in [-0.2, 0) is 11.8 Å². The Bertz CT molecular complexity index is 763. The maximum Gasteiger partial charge on any atom is 0.274 e. The molecule has 2 heterocycles. The second-order valence-corrected chi connectivity index (χ2v) is 5.64. The maximum atomic E-state index is 12.5. The second-order valence-electron chi connectivity index (χ2n) is 5.64. The number of benzene rings is 1. The Kier molecular flexibility index (Phi) is 3.94. The highest BCUT2D eigenvalue weighted by Gasteiger charge is 2.25. The molecule has 6 heteroatoms. The standard InChI is InChI=1S/C16H19N3O3/c1-10(13-8-5-9-22-13)17-15(20)14-11-6-3-4-7-12(11)16(21)19(2)18-14/h3-4,6-7,10,13H,5,8-9H2,1-2H3,(H,17,20)/t10-,13+/m1/s1. The third-order valence-corrected chi connectivity index (χ3v) is 4.05. The molecule has 0 spiro atoms. The highest BCUT2D eigenvalue weighted by molar-refractivity contribution is 6.04. The van der Waals surface area contributed by atoms with Crippen LogP contribution in [-0.4, -0.2) is 34.4 Å². The molecule has 1 aliphatic heterocycles. The summed E-state index contributed by atoms with van der Waals surface area (Å²) < 4.78 is 6.79. The highest BCUT2D eigenvalue weighted by atomic mass is 16.5. The van der Waals surface area contributed by atoms with Gasteiger partial charge >= 0.3 is 0 Å². The summed E-state index contributed by atoms with van der Waals surface area (Å²) in [6.45, 7) is 2.67. The molecule has 22 heavy (non-hydrogen) atoms. The van der Waals surface area contributed by atoms with Crippen LogP contribution in [0.25, 0.3) is 10.8 Å². The van der Waals surface area contributed by atoms with E-state index in [1.807, 2.05) is 6.92 Å². The molecule has 1 amide bonds. The van der Waals surface area contributed by atoms with Crippen molar-refractivity contribution in [1.29, 1.82) is 0 Å². The van der Waals surface area contributed by atoms with Crippen LogP contribution in [0.2, 0.25) is 0 Å². The van der Waals surface area contributed by atoms with Gasteiger partial charge in [0.2, 0.25) is 0 Å². The molecule has 1 fully saturated rings. The molecule has 1 aromatic carbocycles. The van der Waals surface area contributed by atoms with Crippen LogP contribution < -0.4 is 10.9 Å². The minimum Gasteiger partial charge on any atom is -0.376 e. The first kappa shape index (κ1) is 14.7. The number of amides is 1. The van der Waals surface area contributed by atoms with E-state index in [-0.39, 0.29) is 29.3 Å². The van der Waals surface area contributed by atoms with E-state index in [0.717, 1.165) is 19.4 Å². The number of carbonyl (C=O) groups is 1. The van der Waals surface area contributed by atoms with Gasteiger partial charge in [-0.15, -0.1) is 0 Å². The molecule has 1 aromatic heterocycles. The van der Waals surface area contributed by atoms with Crippen molar-refractivity contribution in [3.8, 4) is 0 Å². The molecule has 0 bridgehead atoms. The maximum absolute atomic E-state index is 12.5. The average Bonchev–Trinajstić information content (AvgIpc) is 3.05. The molecular formula is C16H19N3O3. The molecule has 1 saturated heterocycles. The summed E-state index contributed by atoms with van der Waals surface area (Å²) in [7, 11) is 1.55. The molecule has 2 aromatic rings. The Hall–Kier alpha value is -2.21. The number of nitrogens with zero attached hydrogens (tertiary/aromatic N) is 2. The van der Waals surface area contributed by atoms with Crippen LogP contribution in [0.1, 0.15) is 30.3 Å². The van der Waals surface area contributed by atoms with E-state index < -0.39 is 0 Å². The van der Waals surface area contributed by atoms with Gasteiger partial charge in [0.25, 0.3) is 11.5 Å². The van der Waals surface area contributed by atoms with Gasteiger partial charge in [-0.05, 0) is 25.8 Å². The van der Waals surface area contributed by atoms with Gasteiger partial charge in [-0.3, -0.25) is 9.59 Å². The van der Waals surface area contributed by atoms with Crippen LogP contribution in [0.4, 0.5) is 0 Å². The van der Waals surface area contributed by atoms with Crippen molar-refractivity contribution in [2.75, 3.05) is 6.61 Å². The Morgan fingerprint density at radius 1 is 1.41 bits per heavy atom. The van der Waals surface area contributed by atoms with Gasteiger partial charge < -0.3 is 10.1 Å². The van der Waals surface area contributed by atoms with Crippen molar-refractivity contribution in [3.63, 3.8) is 0 Å². The van der Waals surface area contributed by atoms with Gasteiger partial charge in [0.1, 0.15) is 0 Å². The van der Waals surface area contributed by atoms with E-state index in [4.69, 9.17) is 4.74 Å². The predicted octanol–water partition coefficient (Wildman–Crippen LogP) is 1.23. The first-order valence-electron chi connectivity index (χ1n) is 7.46. The Labute approximate surface area is 128 Å². The minimum absolute atomic E-state index is 0.0442. The summed E-state index contributed by atoms with van der Waals surface area (Å²) in [6, 6.07) is 6.94. The molecule has 6 nitrogen and oxygen atoms in total. The summed E-state index contributed by atoms with van der Waals surface area (Å²) in [5.74, 6) is -0.283. The Balaban J connectivity index is 1.94. The van der Waals surface area contributed by atoms with E-state index in [9.17, 15) is 9.59 Å². The molecule has 0 radical (unpaired) electrons. The quantitative estimate of drug-likeness (QED) is 0.925. The molecule has 1 N–H and O–H groups in total. The molecule has 0 aliphatic carbocycles. The number of rotatable bonds is 3. The lowest BCUT2D eigenvalue weighted by Crippen LogP contribution is -2.41. The zero-order valence-corrected chi connectivity index (χ0v) is 12.7. The molecule has 1 aliphatic rings. The van der Waals surface area contributed by atoms with E-state index in [1.54, 1.807) is 31.3 Å². The number of hydrogen-bond donors (Lipinski definition) is 1.